The van der Waals surface area contributed by atoms with Crippen molar-refractivity contribution in [2.75, 3.05) is 6.61 Å². The second-order valence-electron chi connectivity index (χ2n) is 2.36. The first-order chi connectivity index (χ1) is 6.22. The van der Waals surface area contributed by atoms with Crippen molar-refractivity contribution in [2.24, 2.45) is 0 Å². The molecule has 80 valence electrons. The Bertz CT molecular complexity index is 256. The summed E-state index contributed by atoms with van der Waals surface area (Å²) in [4.78, 5) is 20.7. The molecule has 0 saturated carbocycles. The molecule has 0 spiro atoms. The summed E-state index contributed by atoms with van der Waals surface area (Å²) in [6.07, 6.45) is -5.37. The van der Waals surface area contributed by atoms with E-state index >= 15 is 0 Å². The predicted octanol–water partition coefficient (Wildman–Crippen LogP) is 1.12. The lowest BCUT2D eigenvalue weighted by Gasteiger charge is -2.07. The van der Waals surface area contributed by atoms with Gasteiger partial charge in [-0.25, -0.2) is 4.79 Å². The van der Waals surface area contributed by atoms with Crippen LogP contribution < -0.4 is 0 Å². The number of halogens is 3. The third-order valence-electron chi connectivity index (χ3n) is 1.06. The summed E-state index contributed by atoms with van der Waals surface area (Å²) in [5.41, 5.74) is -0.517. The van der Waals surface area contributed by atoms with E-state index < -0.39 is 36.7 Å². The SMILES string of the molecule is C=C(CC(=O)OCC(F)(F)F)C(=O)O. The number of alkyl halides is 3. The fraction of sp³-hybridized carbons (Fsp3) is 0.429. The van der Waals surface area contributed by atoms with Crippen LogP contribution in [0, 0.1) is 0 Å². The van der Waals surface area contributed by atoms with Crippen LogP contribution in [0.4, 0.5) is 13.2 Å². The van der Waals surface area contributed by atoms with E-state index in [0.29, 0.717) is 0 Å². The summed E-state index contributed by atoms with van der Waals surface area (Å²) < 4.78 is 38.2. The molecular weight excluding hydrogens is 205 g/mol. The van der Waals surface area contributed by atoms with Gasteiger partial charge in [-0.1, -0.05) is 6.58 Å². The van der Waals surface area contributed by atoms with Gasteiger partial charge in [0.2, 0.25) is 0 Å². The molecule has 0 rings (SSSR count). The number of carboxylic acid groups (broad SMARTS) is 1. The molecule has 0 aliphatic heterocycles. The van der Waals surface area contributed by atoms with Crippen molar-refractivity contribution in [3.63, 3.8) is 0 Å². The molecule has 0 atom stereocenters. The molecule has 0 fully saturated rings. The standard InChI is InChI=1S/C7H7F3O4/c1-4(6(12)13)2-5(11)14-3-7(8,9)10/h1-3H2,(H,12,13). The first-order valence-corrected chi connectivity index (χ1v) is 3.36. The fourth-order valence-electron chi connectivity index (χ4n) is 0.463. The highest BCUT2D eigenvalue weighted by Gasteiger charge is 2.29. The van der Waals surface area contributed by atoms with E-state index in [1.807, 2.05) is 0 Å². The van der Waals surface area contributed by atoms with Crippen LogP contribution in [0.5, 0.6) is 0 Å². The maximum Gasteiger partial charge on any atom is 0.422 e. The summed E-state index contributed by atoms with van der Waals surface area (Å²) in [5.74, 6) is -2.72. The Morgan fingerprint density at radius 1 is 1.36 bits per heavy atom. The van der Waals surface area contributed by atoms with E-state index in [9.17, 15) is 22.8 Å². The number of aliphatic carboxylic acids is 1. The van der Waals surface area contributed by atoms with Gasteiger partial charge in [-0.2, -0.15) is 13.2 Å². The molecule has 0 aliphatic carbocycles. The zero-order valence-electron chi connectivity index (χ0n) is 6.93. The number of carboxylic acids is 1. The monoisotopic (exact) mass is 212 g/mol. The minimum absolute atomic E-state index is 0.517. The largest absolute Gasteiger partial charge is 0.478 e. The molecule has 0 aromatic carbocycles. The highest BCUT2D eigenvalue weighted by atomic mass is 19.4. The Morgan fingerprint density at radius 3 is 2.21 bits per heavy atom. The molecule has 0 heterocycles. The molecular formula is C7H7F3O4. The van der Waals surface area contributed by atoms with Crippen LogP contribution in [0.1, 0.15) is 6.42 Å². The third kappa shape index (κ3) is 6.04. The van der Waals surface area contributed by atoms with Gasteiger partial charge in [0.05, 0.1) is 6.42 Å². The lowest BCUT2D eigenvalue weighted by Crippen LogP contribution is -2.21. The van der Waals surface area contributed by atoms with E-state index in [-0.39, 0.29) is 0 Å². The second kappa shape index (κ2) is 4.64. The van der Waals surface area contributed by atoms with Crippen LogP contribution in [0.3, 0.4) is 0 Å². The second-order valence-corrected chi connectivity index (χ2v) is 2.36. The van der Waals surface area contributed by atoms with E-state index in [1.54, 1.807) is 0 Å². The third-order valence-corrected chi connectivity index (χ3v) is 1.06. The summed E-state index contributed by atoms with van der Waals surface area (Å²) in [6, 6.07) is 0. The molecule has 0 aromatic heterocycles. The Hall–Kier alpha value is -1.53. The number of hydrogen-bond donors (Lipinski definition) is 1. The molecule has 0 aromatic rings. The molecule has 7 heteroatoms. The minimum atomic E-state index is -4.61. The lowest BCUT2D eigenvalue weighted by atomic mass is 10.2. The van der Waals surface area contributed by atoms with Crippen molar-refractivity contribution in [3.05, 3.63) is 12.2 Å². The Kier molecular flexibility index (Phi) is 4.13. The van der Waals surface area contributed by atoms with Gasteiger partial charge in [0, 0.05) is 5.57 Å². The van der Waals surface area contributed by atoms with Crippen LogP contribution in [0.25, 0.3) is 0 Å². The molecule has 0 amide bonds. The maximum atomic E-state index is 11.5. The van der Waals surface area contributed by atoms with Gasteiger partial charge in [-0.3, -0.25) is 4.79 Å². The van der Waals surface area contributed by atoms with Crippen LogP contribution in [0.2, 0.25) is 0 Å². The highest BCUT2D eigenvalue weighted by Crippen LogP contribution is 2.15. The molecule has 4 nitrogen and oxygen atoms in total. The van der Waals surface area contributed by atoms with Crippen LogP contribution in [0.15, 0.2) is 12.2 Å². The number of carbonyl (C=O) groups is 2. The van der Waals surface area contributed by atoms with Crippen LogP contribution in [-0.2, 0) is 14.3 Å². The van der Waals surface area contributed by atoms with Gasteiger partial charge in [0.25, 0.3) is 0 Å². The van der Waals surface area contributed by atoms with Gasteiger partial charge in [-0.15, -0.1) is 0 Å². The molecule has 14 heavy (non-hydrogen) atoms. The molecule has 0 bridgehead atoms. The van der Waals surface area contributed by atoms with Crippen LogP contribution >= 0.6 is 0 Å². The first-order valence-electron chi connectivity index (χ1n) is 3.36. The fourth-order valence-corrected chi connectivity index (χ4v) is 0.463. The summed E-state index contributed by atoms with van der Waals surface area (Å²) in [6.45, 7) is 1.23. The zero-order chi connectivity index (χ0) is 11.4. The molecule has 0 saturated heterocycles. The number of esters is 1. The van der Waals surface area contributed by atoms with Crippen molar-refractivity contribution in [2.45, 2.75) is 12.6 Å². The van der Waals surface area contributed by atoms with Gasteiger partial charge in [0.1, 0.15) is 0 Å². The molecule has 0 unspecified atom stereocenters. The van der Waals surface area contributed by atoms with Gasteiger partial charge < -0.3 is 9.84 Å². The van der Waals surface area contributed by atoms with Gasteiger partial charge in [0.15, 0.2) is 6.61 Å². The van der Waals surface area contributed by atoms with E-state index in [2.05, 4.69) is 11.3 Å². The number of rotatable bonds is 4. The molecule has 0 radical (unpaired) electrons. The number of ether oxygens (including phenoxy) is 1. The van der Waals surface area contributed by atoms with Crippen molar-refractivity contribution >= 4 is 11.9 Å². The Labute approximate surface area is 77.0 Å². The zero-order valence-corrected chi connectivity index (χ0v) is 6.93. The highest BCUT2D eigenvalue weighted by molar-refractivity contribution is 5.91. The van der Waals surface area contributed by atoms with E-state index in [4.69, 9.17) is 5.11 Å². The topological polar surface area (TPSA) is 63.6 Å². The average Bonchev–Trinajstić information content (AvgIpc) is 1.99. The number of hydrogen-bond acceptors (Lipinski definition) is 3. The van der Waals surface area contributed by atoms with Gasteiger partial charge in [-0.05, 0) is 0 Å². The average molecular weight is 212 g/mol. The quantitative estimate of drug-likeness (QED) is 0.560. The van der Waals surface area contributed by atoms with Crippen molar-refractivity contribution in [1.29, 1.82) is 0 Å². The van der Waals surface area contributed by atoms with E-state index in [1.165, 1.54) is 0 Å². The maximum absolute atomic E-state index is 11.5. The molecule has 1 N–H and O–H groups in total. The summed E-state index contributed by atoms with van der Waals surface area (Å²) in [5, 5.41) is 8.23. The summed E-state index contributed by atoms with van der Waals surface area (Å²) >= 11 is 0. The predicted molar refractivity (Wildman–Crippen MR) is 38.4 cm³/mol. The van der Waals surface area contributed by atoms with Crippen molar-refractivity contribution in [1.82, 2.24) is 0 Å². The molecule has 0 aliphatic rings. The van der Waals surface area contributed by atoms with Crippen molar-refractivity contribution in [3.8, 4) is 0 Å². The minimum Gasteiger partial charge on any atom is -0.478 e. The lowest BCUT2D eigenvalue weighted by molar-refractivity contribution is -0.185. The summed E-state index contributed by atoms with van der Waals surface area (Å²) in [7, 11) is 0. The Morgan fingerprint density at radius 2 is 1.86 bits per heavy atom. The van der Waals surface area contributed by atoms with Crippen molar-refractivity contribution < 1.29 is 32.6 Å². The smallest absolute Gasteiger partial charge is 0.422 e. The first kappa shape index (κ1) is 12.5. The van der Waals surface area contributed by atoms with E-state index in [0.717, 1.165) is 0 Å². The normalized spacial score (nSPS) is 10.8. The van der Waals surface area contributed by atoms with Crippen LogP contribution in [-0.4, -0.2) is 29.8 Å². The van der Waals surface area contributed by atoms with Gasteiger partial charge >= 0.3 is 18.1 Å². The Balaban J connectivity index is 3.89. The number of carbonyl (C=O) groups excluding carboxylic acids is 1.